The molecule has 2 amide bonds. The summed E-state index contributed by atoms with van der Waals surface area (Å²) in [6, 6.07) is -0.301. The zero-order valence-electron chi connectivity index (χ0n) is 6.89. The van der Waals surface area contributed by atoms with Gasteiger partial charge in [-0.1, -0.05) is 0 Å². The Labute approximate surface area is 78.1 Å². The quantitative estimate of drug-likeness (QED) is 0.529. The SMILES string of the molecule is O=C1NC(=O)C2=CC3N=NN=C3C=C12. The Morgan fingerprint density at radius 2 is 2.00 bits per heavy atom. The lowest BCUT2D eigenvalue weighted by Gasteiger charge is -2.07. The van der Waals surface area contributed by atoms with Crippen molar-refractivity contribution >= 4 is 17.5 Å². The summed E-state index contributed by atoms with van der Waals surface area (Å²) in [4.78, 5) is 22.5. The topological polar surface area (TPSA) is 83.2 Å². The summed E-state index contributed by atoms with van der Waals surface area (Å²) < 4.78 is 0. The lowest BCUT2D eigenvalue weighted by molar-refractivity contribution is -0.123. The van der Waals surface area contributed by atoms with E-state index in [2.05, 4.69) is 20.8 Å². The van der Waals surface area contributed by atoms with Gasteiger partial charge in [0.15, 0.2) is 0 Å². The van der Waals surface area contributed by atoms with Gasteiger partial charge in [-0.3, -0.25) is 14.9 Å². The molecule has 6 heteroatoms. The standard InChI is InChI=1S/C8H4N4O2/c13-7-3-1-5-6(11-12-10-5)2-4(3)8(14)9-7/h1-2,5H,(H,9,13,14). The van der Waals surface area contributed by atoms with Crippen LogP contribution in [0.4, 0.5) is 0 Å². The number of hydrogen-bond acceptors (Lipinski definition) is 5. The van der Waals surface area contributed by atoms with Crippen molar-refractivity contribution in [3.05, 3.63) is 23.3 Å². The van der Waals surface area contributed by atoms with Crippen molar-refractivity contribution < 1.29 is 9.59 Å². The Morgan fingerprint density at radius 3 is 2.86 bits per heavy atom. The summed E-state index contributed by atoms with van der Waals surface area (Å²) in [5.74, 6) is -0.753. The average molecular weight is 188 g/mol. The van der Waals surface area contributed by atoms with Crippen molar-refractivity contribution in [3.63, 3.8) is 0 Å². The highest BCUT2D eigenvalue weighted by Crippen LogP contribution is 2.26. The zero-order chi connectivity index (χ0) is 9.71. The number of fused-ring (bicyclic) bond motifs is 2. The fourth-order valence-electron chi connectivity index (χ4n) is 1.58. The molecule has 3 rings (SSSR count). The van der Waals surface area contributed by atoms with E-state index in [1.807, 2.05) is 0 Å². The third kappa shape index (κ3) is 0.769. The molecule has 1 fully saturated rings. The van der Waals surface area contributed by atoms with Gasteiger partial charge in [0.05, 0.1) is 16.9 Å². The van der Waals surface area contributed by atoms with Crippen molar-refractivity contribution in [2.45, 2.75) is 6.04 Å². The second-order valence-corrected chi connectivity index (χ2v) is 3.10. The van der Waals surface area contributed by atoms with E-state index in [4.69, 9.17) is 0 Å². The molecule has 0 radical (unpaired) electrons. The molecule has 6 nitrogen and oxygen atoms in total. The van der Waals surface area contributed by atoms with E-state index >= 15 is 0 Å². The molecule has 14 heavy (non-hydrogen) atoms. The largest absolute Gasteiger partial charge is 0.288 e. The predicted molar refractivity (Wildman–Crippen MR) is 45.4 cm³/mol. The van der Waals surface area contributed by atoms with Crippen LogP contribution in [0.1, 0.15) is 0 Å². The molecule has 0 bridgehead atoms. The van der Waals surface area contributed by atoms with E-state index < -0.39 is 0 Å². The van der Waals surface area contributed by atoms with Gasteiger partial charge in [0.1, 0.15) is 6.04 Å². The van der Waals surface area contributed by atoms with E-state index in [1.165, 1.54) is 0 Å². The van der Waals surface area contributed by atoms with Gasteiger partial charge in [0.25, 0.3) is 11.8 Å². The summed E-state index contributed by atoms with van der Waals surface area (Å²) in [7, 11) is 0. The second kappa shape index (κ2) is 2.22. The highest BCUT2D eigenvalue weighted by molar-refractivity contribution is 6.28. The second-order valence-electron chi connectivity index (χ2n) is 3.10. The molecular formula is C8H4N4O2. The molecule has 1 aliphatic carbocycles. The number of rotatable bonds is 0. The molecule has 3 aliphatic rings. The van der Waals surface area contributed by atoms with Crippen LogP contribution in [-0.4, -0.2) is 23.6 Å². The molecule has 0 aromatic carbocycles. The van der Waals surface area contributed by atoms with Crippen molar-refractivity contribution in [2.24, 2.45) is 15.4 Å². The summed E-state index contributed by atoms with van der Waals surface area (Å²) in [6.07, 6.45) is 3.16. The van der Waals surface area contributed by atoms with Gasteiger partial charge in [-0.25, -0.2) is 0 Å². The molecule has 1 unspecified atom stereocenters. The molecule has 0 aromatic heterocycles. The van der Waals surface area contributed by atoms with E-state index in [1.54, 1.807) is 12.2 Å². The number of nitrogens with one attached hydrogen (secondary N) is 1. The molecule has 0 aromatic rings. The van der Waals surface area contributed by atoms with Crippen molar-refractivity contribution in [1.82, 2.24) is 5.32 Å². The Balaban J connectivity index is 2.17. The molecule has 2 heterocycles. The van der Waals surface area contributed by atoms with Crippen LogP contribution in [0.15, 0.2) is 38.7 Å². The molecule has 1 atom stereocenters. The number of imide groups is 1. The Hall–Kier alpha value is -2.11. The molecule has 1 N–H and O–H groups in total. The van der Waals surface area contributed by atoms with Crippen LogP contribution in [0.5, 0.6) is 0 Å². The summed E-state index contributed by atoms with van der Waals surface area (Å²) >= 11 is 0. The van der Waals surface area contributed by atoms with Crippen molar-refractivity contribution in [3.8, 4) is 0 Å². The Morgan fingerprint density at radius 1 is 1.21 bits per heavy atom. The molecular weight excluding hydrogens is 184 g/mol. The van der Waals surface area contributed by atoms with Crippen molar-refractivity contribution in [2.75, 3.05) is 0 Å². The molecule has 68 valence electrons. The molecule has 1 saturated heterocycles. The van der Waals surface area contributed by atoms with Gasteiger partial charge < -0.3 is 0 Å². The average Bonchev–Trinajstić information content (AvgIpc) is 2.70. The zero-order valence-corrected chi connectivity index (χ0v) is 6.89. The van der Waals surface area contributed by atoms with E-state index in [9.17, 15) is 9.59 Å². The van der Waals surface area contributed by atoms with Gasteiger partial charge >= 0.3 is 0 Å². The maximum absolute atomic E-state index is 11.3. The number of amides is 2. The first-order chi connectivity index (χ1) is 6.75. The van der Waals surface area contributed by atoms with E-state index in [-0.39, 0.29) is 17.9 Å². The van der Waals surface area contributed by atoms with Crippen LogP contribution in [0.3, 0.4) is 0 Å². The third-order valence-corrected chi connectivity index (χ3v) is 2.26. The molecule has 2 aliphatic heterocycles. The number of nitrogens with zero attached hydrogens (tertiary/aromatic N) is 3. The summed E-state index contributed by atoms with van der Waals surface area (Å²) in [5.41, 5.74) is 1.34. The number of hydrogen-bond donors (Lipinski definition) is 1. The van der Waals surface area contributed by atoms with Crippen LogP contribution >= 0.6 is 0 Å². The minimum absolute atomic E-state index is 0.301. The minimum Gasteiger partial charge on any atom is -0.288 e. The first-order valence-electron chi connectivity index (χ1n) is 4.03. The normalized spacial score (nSPS) is 27.7. The van der Waals surface area contributed by atoms with Crippen LogP contribution in [-0.2, 0) is 9.59 Å². The van der Waals surface area contributed by atoms with Crippen LogP contribution < -0.4 is 5.32 Å². The number of carbonyl (C=O) groups excluding carboxylic acids is 2. The lowest BCUT2D eigenvalue weighted by Crippen LogP contribution is -2.19. The predicted octanol–water partition coefficient (Wildman–Crippen LogP) is -0.300. The smallest absolute Gasteiger partial charge is 0.258 e. The van der Waals surface area contributed by atoms with Gasteiger partial charge in [-0.2, -0.15) is 5.11 Å². The van der Waals surface area contributed by atoms with Gasteiger partial charge in [0, 0.05) is 0 Å². The fraction of sp³-hybridized carbons (Fsp3) is 0.125. The van der Waals surface area contributed by atoms with Gasteiger partial charge in [-0.05, 0) is 17.4 Å². The van der Waals surface area contributed by atoms with Crippen LogP contribution in [0, 0.1) is 0 Å². The first-order valence-corrected chi connectivity index (χ1v) is 4.03. The maximum atomic E-state index is 11.3. The Bertz CT molecular complexity index is 484. The van der Waals surface area contributed by atoms with E-state index in [0.717, 1.165) is 0 Å². The van der Waals surface area contributed by atoms with Crippen molar-refractivity contribution in [1.29, 1.82) is 0 Å². The van der Waals surface area contributed by atoms with Gasteiger partial charge in [0.2, 0.25) is 0 Å². The highest BCUT2D eigenvalue weighted by Gasteiger charge is 2.36. The monoisotopic (exact) mass is 188 g/mol. The highest BCUT2D eigenvalue weighted by atomic mass is 16.2. The Kier molecular flexibility index (Phi) is 1.16. The maximum Gasteiger partial charge on any atom is 0.258 e. The van der Waals surface area contributed by atoms with Gasteiger partial charge in [-0.15, -0.1) is 5.10 Å². The summed E-state index contributed by atoms with van der Waals surface area (Å²) in [5, 5.41) is 13.2. The van der Waals surface area contributed by atoms with Crippen LogP contribution in [0.25, 0.3) is 0 Å². The number of carbonyl (C=O) groups is 2. The third-order valence-electron chi connectivity index (χ3n) is 2.26. The molecule has 0 spiro atoms. The van der Waals surface area contributed by atoms with Crippen LogP contribution in [0.2, 0.25) is 0 Å². The fourth-order valence-corrected chi connectivity index (χ4v) is 1.58. The minimum atomic E-state index is -0.380. The first kappa shape index (κ1) is 7.31. The summed E-state index contributed by atoms with van der Waals surface area (Å²) in [6.45, 7) is 0. The lowest BCUT2D eigenvalue weighted by atomic mass is 9.96. The molecule has 0 saturated carbocycles. The van der Waals surface area contributed by atoms with E-state index in [0.29, 0.717) is 16.9 Å².